The quantitative estimate of drug-likeness (QED) is 0.488. The molecule has 0 spiro atoms. The summed E-state index contributed by atoms with van der Waals surface area (Å²) >= 11 is 4.33. The van der Waals surface area contributed by atoms with Crippen LogP contribution in [0.15, 0.2) is 39.1 Å². The van der Waals surface area contributed by atoms with Crippen LogP contribution in [0.3, 0.4) is 0 Å². The summed E-state index contributed by atoms with van der Waals surface area (Å²) < 4.78 is 5.49. The Morgan fingerprint density at radius 1 is 1.23 bits per heavy atom. The number of aryl methyl sites for hydroxylation is 1. The fourth-order valence-electron chi connectivity index (χ4n) is 2.62. The molecule has 0 aliphatic heterocycles. The third kappa shape index (κ3) is 3.00. The highest BCUT2D eigenvalue weighted by atomic mass is 32.1. The summed E-state index contributed by atoms with van der Waals surface area (Å²) in [6.45, 7) is 3.57. The molecule has 4 aromatic rings. The van der Waals surface area contributed by atoms with E-state index in [1.165, 1.54) is 22.7 Å². The Kier molecular flexibility index (Phi) is 4.47. The normalized spacial score (nSPS) is 12.4. The summed E-state index contributed by atoms with van der Waals surface area (Å²) in [5.74, 6) is -0.0529. The van der Waals surface area contributed by atoms with Gasteiger partial charge in [-0.2, -0.15) is 0 Å². The number of hydrogen-bond acceptors (Lipinski definition) is 7. The summed E-state index contributed by atoms with van der Waals surface area (Å²) in [7, 11) is 0. The van der Waals surface area contributed by atoms with Crippen molar-refractivity contribution in [2.75, 3.05) is 0 Å². The Morgan fingerprint density at radius 2 is 2.08 bits per heavy atom. The molecule has 4 heterocycles. The summed E-state index contributed by atoms with van der Waals surface area (Å²) in [6, 6.07) is 5.80. The average molecular weight is 403 g/mol. The highest BCUT2D eigenvalue weighted by Crippen LogP contribution is 2.34. The highest BCUT2D eigenvalue weighted by Gasteiger charge is 2.20. The Morgan fingerprint density at radius 3 is 2.77 bits per heavy atom. The van der Waals surface area contributed by atoms with Crippen molar-refractivity contribution in [2.24, 2.45) is 0 Å². The molecule has 5 nitrogen and oxygen atoms in total. The van der Waals surface area contributed by atoms with Gasteiger partial charge in [-0.1, -0.05) is 6.07 Å². The van der Waals surface area contributed by atoms with Crippen LogP contribution in [0.2, 0.25) is 0 Å². The van der Waals surface area contributed by atoms with Crippen LogP contribution in [-0.4, -0.2) is 15.9 Å². The van der Waals surface area contributed by atoms with Crippen LogP contribution >= 0.6 is 34.0 Å². The fourth-order valence-corrected chi connectivity index (χ4v) is 5.20. The Hall–Kier alpha value is -2.29. The first-order chi connectivity index (χ1) is 12.5. The van der Waals surface area contributed by atoms with Crippen LogP contribution in [0.4, 0.5) is 0 Å². The maximum atomic E-state index is 12.6. The van der Waals surface area contributed by atoms with Crippen LogP contribution in [0, 0.1) is 6.92 Å². The molecular formula is C18H14N2O3S3. The smallest absolute Gasteiger partial charge is 0.349 e. The number of carbonyl (C=O) groups is 1. The molecule has 0 bridgehead atoms. The van der Waals surface area contributed by atoms with Gasteiger partial charge in [0.05, 0.1) is 5.39 Å². The van der Waals surface area contributed by atoms with E-state index < -0.39 is 12.1 Å². The minimum absolute atomic E-state index is 0.218. The van der Waals surface area contributed by atoms with E-state index in [0.29, 0.717) is 20.9 Å². The van der Waals surface area contributed by atoms with E-state index in [1.54, 1.807) is 18.3 Å². The fraction of sp³-hybridized carbons (Fsp3) is 0.167. The van der Waals surface area contributed by atoms with E-state index in [-0.39, 0.29) is 5.56 Å². The minimum Gasteiger partial charge on any atom is -0.450 e. The lowest BCUT2D eigenvalue weighted by Gasteiger charge is -2.12. The molecule has 26 heavy (non-hydrogen) atoms. The van der Waals surface area contributed by atoms with Crippen LogP contribution < -0.4 is 5.56 Å². The number of nitrogens with zero attached hydrogens (tertiary/aromatic N) is 1. The van der Waals surface area contributed by atoms with E-state index >= 15 is 0 Å². The molecule has 132 valence electrons. The number of esters is 1. The molecule has 0 amide bonds. The van der Waals surface area contributed by atoms with Crippen molar-refractivity contribution in [3.05, 3.63) is 61.0 Å². The third-order valence-electron chi connectivity index (χ3n) is 3.97. The maximum Gasteiger partial charge on any atom is 0.349 e. The number of hydrogen-bond donors (Lipinski definition) is 1. The van der Waals surface area contributed by atoms with Crippen molar-refractivity contribution >= 4 is 50.2 Å². The first kappa shape index (κ1) is 17.1. The van der Waals surface area contributed by atoms with Gasteiger partial charge in [-0.05, 0) is 42.3 Å². The number of aromatic nitrogens is 2. The lowest BCUT2D eigenvalue weighted by atomic mass is 10.2. The first-order valence-corrected chi connectivity index (χ1v) is 10.5. The number of aromatic amines is 1. The number of H-pyrrole nitrogens is 1. The van der Waals surface area contributed by atoms with Gasteiger partial charge in [-0.25, -0.2) is 9.78 Å². The monoisotopic (exact) mass is 402 g/mol. The largest absolute Gasteiger partial charge is 0.450 e. The molecule has 0 unspecified atom stereocenters. The van der Waals surface area contributed by atoms with E-state index in [2.05, 4.69) is 9.97 Å². The predicted octanol–water partition coefficient (Wildman–Crippen LogP) is 5.00. The van der Waals surface area contributed by atoms with Crippen molar-refractivity contribution in [3.8, 4) is 10.4 Å². The SMILES string of the molecule is Cc1ccsc1C(=O)O[C@H](C)c1nc2scc(-c3cccs3)c2c(=O)[nH]1. The number of fused-ring (bicyclic) bond motifs is 1. The van der Waals surface area contributed by atoms with Crippen molar-refractivity contribution in [1.82, 2.24) is 9.97 Å². The zero-order valence-electron chi connectivity index (χ0n) is 13.9. The van der Waals surface area contributed by atoms with Gasteiger partial charge in [-0.3, -0.25) is 4.79 Å². The molecule has 0 radical (unpaired) electrons. The maximum absolute atomic E-state index is 12.6. The van der Waals surface area contributed by atoms with Crippen LogP contribution in [0.5, 0.6) is 0 Å². The topological polar surface area (TPSA) is 72.0 Å². The second-order valence-electron chi connectivity index (χ2n) is 5.74. The average Bonchev–Trinajstić information content (AvgIpc) is 3.34. The molecule has 1 atom stereocenters. The number of thiophene rings is 3. The van der Waals surface area contributed by atoms with Gasteiger partial charge >= 0.3 is 5.97 Å². The molecule has 4 aromatic heterocycles. The number of nitrogens with one attached hydrogen (secondary N) is 1. The van der Waals surface area contributed by atoms with Gasteiger partial charge in [0.1, 0.15) is 9.71 Å². The van der Waals surface area contributed by atoms with Crippen molar-refractivity contribution < 1.29 is 9.53 Å². The zero-order valence-corrected chi connectivity index (χ0v) is 16.4. The zero-order chi connectivity index (χ0) is 18.3. The van der Waals surface area contributed by atoms with Crippen LogP contribution in [0.1, 0.15) is 34.1 Å². The molecule has 4 rings (SSSR count). The second-order valence-corrected chi connectivity index (χ2v) is 8.46. The Bertz CT molecular complexity index is 1140. The van der Waals surface area contributed by atoms with E-state index in [1.807, 2.05) is 41.3 Å². The van der Waals surface area contributed by atoms with Gasteiger partial charge in [0.15, 0.2) is 11.9 Å². The summed E-state index contributed by atoms with van der Waals surface area (Å²) in [5.41, 5.74) is 1.55. The summed E-state index contributed by atoms with van der Waals surface area (Å²) in [6.07, 6.45) is -0.645. The van der Waals surface area contributed by atoms with E-state index in [0.717, 1.165) is 16.0 Å². The van der Waals surface area contributed by atoms with Gasteiger partial charge < -0.3 is 9.72 Å². The lowest BCUT2D eigenvalue weighted by Crippen LogP contribution is -2.17. The summed E-state index contributed by atoms with van der Waals surface area (Å²) in [5, 5.41) is 6.34. The molecule has 8 heteroatoms. The van der Waals surface area contributed by atoms with Gasteiger partial charge in [0.2, 0.25) is 0 Å². The van der Waals surface area contributed by atoms with Gasteiger partial charge in [0, 0.05) is 15.8 Å². The third-order valence-corrected chi connectivity index (χ3v) is 6.74. The number of ether oxygens (including phenoxy) is 1. The van der Waals surface area contributed by atoms with Crippen LogP contribution in [-0.2, 0) is 4.74 Å². The molecular weight excluding hydrogens is 388 g/mol. The molecule has 0 saturated carbocycles. The molecule has 0 aliphatic rings. The van der Waals surface area contributed by atoms with E-state index in [4.69, 9.17) is 4.74 Å². The Labute approximate surface area is 160 Å². The molecule has 1 N–H and O–H groups in total. The Balaban J connectivity index is 1.66. The number of carbonyl (C=O) groups excluding carboxylic acids is 1. The molecule has 0 fully saturated rings. The molecule has 0 saturated heterocycles. The predicted molar refractivity (Wildman–Crippen MR) is 106 cm³/mol. The molecule has 0 aromatic carbocycles. The van der Waals surface area contributed by atoms with Gasteiger partial charge in [0.25, 0.3) is 5.56 Å². The first-order valence-electron chi connectivity index (χ1n) is 7.85. The standard InChI is InChI=1S/C18H14N2O3S3/c1-9-5-7-25-14(9)18(22)23-10(2)15-19-16(21)13-11(8-26-17(13)20-15)12-4-3-6-24-12/h3-8,10H,1-2H3,(H,19,20,21)/t10-/m1/s1. The molecule has 0 aliphatic carbocycles. The van der Waals surface area contributed by atoms with Crippen molar-refractivity contribution in [1.29, 1.82) is 0 Å². The highest BCUT2D eigenvalue weighted by molar-refractivity contribution is 7.18. The van der Waals surface area contributed by atoms with Crippen LogP contribution in [0.25, 0.3) is 20.7 Å². The van der Waals surface area contributed by atoms with E-state index in [9.17, 15) is 9.59 Å². The van der Waals surface area contributed by atoms with Crippen molar-refractivity contribution in [2.45, 2.75) is 20.0 Å². The summed E-state index contributed by atoms with van der Waals surface area (Å²) in [4.78, 5) is 34.4. The minimum atomic E-state index is -0.645. The lowest BCUT2D eigenvalue weighted by molar-refractivity contribution is 0.0325. The second kappa shape index (κ2) is 6.79. The van der Waals surface area contributed by atoms with Crippen molar-refractivity contribution in [3.63, 3.8) is 0 Å². The number of rotatable bonds is 4. The van der Waals surface area contributed by atoms with Gasteiger partial charge in [-0.15, -0.1) is 34.0 Å².